The van der Waals surface area contributed by atoms with Crippen LogP contribution in [0.2, 0.25) is 0 Å². The molecule has 0 aliphatic rings. The largest absolute Gasteiger partial charge is 0.497 e. The number of ether oxygens (including phenoxy) is 1. The topological polar surface area (TPSA) is 116 Å². The SMILES string of the molecule is COc1ccc(CNC(=O)C(Cc2ccc(N=CNC#N)cc2)NC(=O)C(c2ccccc2)c2ccccc2)cc1. The lowest BCUT2D eigenvalue weighted by molar-refractivity contribution is -0.129. The molecule has 0 aliphatic heterocycles. The molecule has 1 atom stereocenters. The van der Waals surface area contributed by atoms with E-state index in [0.717, 1.165) is 28.0 Å². The van der Waals surface area contributed by atoms with E-state index in [0.29, 0.717) is 12.2 Å². The van der Waals surface area contributed by atoms with Crippen LogP contribution in [-0.4, -0.2) is 31.3 Å². The van der Waals surface area contributed by atoms with Crippen LogP contribution in [0.1, 0.15) is 28.2 Å². The van der Waals surface area contributed by atoms with Crippen LogP contribution in [0.15, 0.2) is 114 Å². The quantitative estimate of drug-likeness (QED) is 0.104. The Morgan fingerprint density at radius 2 is 1.41 bits per heavy atom. The first-order valence-corrected chi connectivity index (χ1v) is 13.1. The van der Waals surface area contributed by atoms with Crippen LogP contribution < -0.4 is 20.7 Å². The van der Waals surface area contributed by atoms with Gasteiger partial charge in [0.1, 0.15) is 18.1 Å². The van der Waals surface area contributed by atoms with Gasteiger partial charge in [0.25, 0.3) is 0 Å². The number of nitrogens with zero attached hydrogens (tertiary/aromatic N) is 2. The van der Waals surface area contributed by atoms with Gasteiger partial charge in [-0.2, -0.15) is 5.26 Å². The monoisotopic (exact) mass is 545 g/mol. The Labute approximate surface area is 239 Å². The average molecular weight is 546 g/mol. The van der Waals surface area contributed by atoms with Crippen molar-refractivity contribution in [3.8, 4) is 11.9 Å². The summed E-state index contributed by atoms with van der Waals surface area (Å²) in [6, 6.07) is 32.9. The van der Waals surface area contributed by atoms with Crippen molar-refractivity contribution in [2.75, 3.05) is 7.11 Å². The fraction of sp³-hybridized carbons (Fsp3) is 0.152. The van der Waals surface area contributed by atoms with E-state index in [1.54, 1.807) is 25.4 Å². The van der Waals surface area contributed by atoms with E-state index in [9.17, 15) is 9.59 Å². The fourth-order valence-electron chi connectivity index (χ4n) is 4.40. The minimum atomic E-state index is -0.828. The molecule has 0 saturated carbocycles. The van der Waals surface area contributed by atoms with E-state index in [1.807, 2.05) is 97.1 Å². The molecular formula is C33H31N5O3. The molecule has 8 nitrogen and oxygen atoms in total. The number of hydrogen-bond acceptors (Lipinski definition) is 5. The van der Waals surface area contributed by atoms with Crippen molar-refractivity contribution < 1.29 is 14.3 Å². The molecule has 0 heterocycles. The highest BCUT2D eigenvalue weighted by Gasteiger charge is 2.28. The summed E-state index contributed by atoms with van der Waals surface area (Å²) in [5.74, 6) is -0.418. The summed E-state index contributed by atoms with van der Waals surface area (Å²) >= 11 is 0. The van der Waals surface area contributed by atoms with Gasteiger partial charge in [-0.15, -0.1) is 0 Å². The van der Waals surface area contributed by atoms with Gasteiger partial charge in [-0.05, 0) is 46.5 Å². The zero-order valence-corrected chi connectivity index (χ0v) is 22.7. The lowest BCUT2D eigenvalue weighted by atomic mass is 9.90. The number of carbonyl (C=O) groups excluding carboxylic acids is 2. The standard InChI is InChI=1S/C33H31N5O3/c1-41-29-18-14-25(15-19-29)21-36-32(39)30(20-24-12-16-28(17-13-24)37-23-35-22-34)38-33(40)31(26-8-4-2-5-9-26)27-10-6-3-7-11-27/h2-19,23,30-31H,20-21H2,1H3,(H,35,37)(H,36,39)(H,38,40). The molecule has 4 rings (SSSR count). The number of benzene rings is 4. The van der Waals surface area contributed by atoms with Crippen molar-refractivity contribution in [3.63, 3.8) is 0 Å². The van der Waals surface area contributed by atoms with Crippen LogP contribution in [0.5, 0.6) is 5.75 Å². The Bertz CT molecular complexity index is 1440. The normalized spacial score (nSPS) is 11.4. The van der Waals surface area contributed by atoms with Crippen LogP contribution in [0, 0.1) is 11.5 Å². The van der Waals surface area contributed by atoms with Crippen LogP contribution in [0.3, 0.4) is 0 Å². The first-order valence-electron chi connectivity index (χ1n) is 13.1. The van der Waals surface area contributed by atoms with Crippen molar-refractivity contribution in [2.24, 2.45) is 4.99 Å². The van der Waals surface area contributed by atoms with E-state index in [-0.39, 0.29) is 18.2 Å². The molecule has 0 radical (unpaired) electrons. The van der Waals surface area contributed by atoms with Crippen molar-refractivity contribution in [3.05, 3.63) is 131 Å². The summed E-state index contributed by atoms with van der Waals surface area (Å²) in [6.07, 6.45) is 3.36. The highest BCUT2D eigenvalue weighted by molar-refractivity contribution is 5.92. The fourth-order valence-corrected chi connectivity index (χ4v) is 4.40. The third-order valence-electron chi connectivity index (χ3n) is 6.51. The highest BCUT2D eigenvalue weighted by atomic mass is 16.5. The highest BCUT2D eigenvalue weighted by Crippen LogP contribution is 2.25. The maximum absolute atomic E-state index is 13.8. The van der Waals surface area contributed by atoms with E-state index in [2.05, 4.69) is 20.9 Å². The molecule has 206 valence electrons. The van der Waals surface area contributed by atoms with Crippen molar-refractivity contribution in [2.45, 2.75) is 24.9 Å². The Morgan fingerprint density at radius 1 is 0.829 bits per heavy atom. The summed E-state index contributed by atoms with van der Waals surface area (Å²) in [5, 5.41) is 17.0. The van der Waals surface area contributed by atoms with Gasteiger partial charge in [0.2, 0.25) is 11.8 Å². The minimum absolute atomic E-state index is 0.268. The van der Waals surface area contributed by atoms with Crippen LogP contribution in [0.4, 0.5) is 5.69 Å². The summed E-state index contributed by atoms with van der Waals surface area (Å²) in [7, 11) is 1.60. The molecule has 8 heteroatoms. The Hall–Kier alpha value is -5.42. The molecule has 0 bridgehead atoms. The van der Waals surface area contributed by atoms with Crippen molar-refractivity contribution >= 4 is 23.8 Å². The number of hydrogen-bond donors (Lipinski definition) is 3. The molecule has 0 spiro atoms. The molecule has 0 saturated heterocycles. The first-order chi connectivity index (χ1) is 20.1. The van der Waals surface area contributed by atoms with Crippen molar-refractivity contribution in [1.82, 2.24) is 16.0 Å². The van der Waals surface area contributed by atoms with Gasteiger partial charge in [-0.1, -0.05) is 84.9 Å². The Balaban J connectivity index is 1.56. The van der Waals surface area contributed by atoms with Gasteiger partial charge >= 0.3 is 0 Å². The number of rotatable bonds is 12. The smallest absolute Gasteiger partial charge is 0.243 e. The summed E-state index contributed by atoms with van der Waals surface area (Å²) in [4.78, 5) is 31.5. The molecule has 2 amide bonds. The van der Waals surface area contributed by atoms with E-state index in [1.165, 1.54) is 6.34 Å². The number of nitriles is 1. The van der Waals surface area contributed by atoms with Crippen LogP contribution in [0.25, 0.3) is 0 Å². The number of methoxy groups -OCH3 is 1. The molecule has 41 heavy (non-hydrogen) atoms. The van der Waals surface area contributed by atoms with E-state index >= 15 is 0 Å². The first kappa shape index (κ1) is 28.6. The number of nitrogens with one attached hydrogen (secondary N) is 3. The average Bonchev–Trinajstić information content (AvgIpc) is 3.02. The number of aliphatic imine (C=N–C) groups is 1. The van der Waals surface area contributed by atoms with Crippen molar-refractivity contribution in [1.29, 1.82) is 5.26 Å². The van der Waals surface area contributed by atoms with Crippen LogP contribution in [-0.2, 0) is 22.6 Å². The maximum Gasteiger partial charge on any atom is 0.243 e. The lowest BCUT2D eigenvalue weighted by Gasteiger charge is -2.23. The molecule has 4 aromatic carbocycles. The molecular weight excluding hydrogens is 514 g/mol. The molecule has 0 aromatic heterocycles. The van der Waals surface area contributed by atoms with Gasteiger partial charge in [-0.25, -0.2) is 4.99 Å². The number of carbonyl (C=O) groups is 2. The summed E-state index contributed by atoms with van der Waals surface area (Å²) in [5.41, 5.74) is 4.07. The zero-order chi connectivity index (χ0) is 28.9. The second-order valence-electron chi connectivity index (χ2n) is 9.27. The molecule has 1 unspecified atom stereocenters. The zero-order valence-electron chi connectivity index (χ0n) is 22.7. The predicted octanol–water partition coefficient (Wildman–Crippen LogP) is 4.60. The molecule has 0 fully saturated rings. The second kappa shape index (κ2) is 14.7. The lowest BCUT2D eigenvalue weighted by Crippen LogP contribution is -2.49. The van der Waals surface area contributed by atoms with Crippen LogP contribution >= 0.6 is 0 Å². The molecule has 0 aliphatic carbocycles. The van der Waals surface area contributed by atoms with Gasteiger partial charge in [0.05, 0.1) is 18.7 Å². The molecule has 3 N–H and O–H groups in total. The minimum Gasteiger partial charge on any atom is -0.497 e. The van der Waals surface area contributed by atoms with Gasteiger partial charge in [0.15, 0.2) is 6.19 Å². The number of amides is 2. The third kappa shape index (κ3) is 8.28. The van der Waals surface area contributed by atoms with Gasteiger partial charge in [0, 0.05) is 13.0 Å². The van der Waals surface area contributed by atoms with E-state index < -0.39 is 12.0 Å². The van der Waals surface area contributed by atoms with E-state index in [4.69, 9.17) is 10.00 Å². The summed E-state index contributed by atoms with van der Waals surface area (Å²) < 4.78 is 5.21. The van der Waals surface area contributed by atoms with Gasteiger partial charge in [-0.3, -0.25) is 14.9 Å². The Morgan fingerprint density at radius 3 is 1.98 bits per heavy atom. The predicted molar refractivity (Wildman–Crippen MR) is 159 cm³/mol. The second-order valence-corrected chi connectivity index (χ2v) is 9.27. The summed E-state index contributed by atoms with van der Waals surface area (Å²) in [6.45, 7) is 0.301. The van der Waals surface area contributed by atoms with Gasteiger partial charge < -0.3 is 15.4 Å². The maximum atomic E-state index is 13.8. The Kier molecular flexibility index (Phi) is 10.2. The molecule has 4 aromatic rings. The third-order valence-corrected chi connectivity index (χ3v) is 6.51.